The van der Waals surface area contributed by atoms with Gasteiger partial charge in [0.2, 0.25) is 5.91 Å². The number of amides is 1. The highest BCUT2D eigenvalue weighted by molar-refractivity contribution is 5.79. The first-order chi connectivity index (χ1) is 8.62. The van der Waals surface area contributed by atoms with Gasteiger partial charge >= 0.3 is 0 Å². The van der Waals surface area contributed by atoms with Gasteiger partial charge in [-0.25, -0.2) is 0 Å². The smallest absolute Gasteiger partial charge is 0.227 e. The molecule has 0 fully saturated rings. The molecule has 0 saturated heterocycles. The molecule has 1 atom stereocenters. The van der Waals surface area contributed by atoms with Crippen molar-refractivity contribution in [1.29, 1.82) is 0 Å². The number of nitrogens with zero attached hydrogens (tertiary/aromatic N) is 1. The van der Waals surface area contributed by atoms with Crippen LogP contribution in [0.5, 0.6) is 0 Å². The summed E-state index contributed by atoms with van der Waals surface area (Å²) >= 11 is 0. The minimum Gasteiger partial charge on any atom is -0.343 e. The number of nitrogens with two attached hydrogens (primary N) is 1. The molecule has 3 nitrogen and oxygen atoms in total. The summed E-state index contributed by atoms with van der Waals surface area (Å²) < 4.78 is 0. The fourth-order valence-electron chi connectivity index (χ4n) is 2.19. The largest absolute Gasteiger partial charge is 0.343 e. The maximum Gasteiger partial charge on any atom is 0.227 e. The first-order valence-electron chi connectivity index (χ1n) is 6.66. The normalized spacial score (nSPS) is 12.2. The molecule has 0 spiro atoms. The van der Waals surface area contributed by atoms with Crippen LogP contribution >= 0.6 is 0 Å². The van der Waals surface area contributed by atoms with Crippen LogP contribution in [0.4, 0.5) is 0 Å². The van der Waals surface area contributed by atoms with Gasteiger partial charge in [0.1, 0.15) is 0 Å². The van der Waals surface area contributed by atoms with Gasteiger partial charge in [-0.3, -0.25) is 4.79 Å². The molecule has 3 heteroatoms. The van der Waals surface area contributed by atoms with E-state index in [1.807, 2.05) is 24.8 Å². The molecule has 0 aromatic heterocycles. The topological polar surface area (TPSA) is 46.3 Å². The molecule has 1 amide bonds. The van der Waals surface area contributed by atoms with Crippen molar-refractivity contribution >= 4 is 5.91 Å². The third-order valence-electron chi connectivity index (χ3n) is 3.27. The van der Waals surface area contributed by atoms with E-state index < -0.39 is 0 Å². The molecule has 1 aromatic rings. The first kappa shape index (κ1) is 14.7. The van der Waals surface area contributed by atoms with Crippen LogP contribution in [-0.4, -0.2) is 30.4 Å². The van der Waals surface area contributed by atoms with E-state index in [1.165, 1.54) is 11.1 Å². The van der Waals surface area contributed by atoms with Crippen LogP contribution in [0.2, 0.25) is 0 Å². The fourth-order valence-corrected chi connectivity index (χ4v) is 2.19. The Morgan fingerprint density at radius 3 is 2.50 bits per heavy atom. The van der Waals surface area contributed by atoms with E-state index in [0.29, 0.717) is 6.54 Å². The van der Waals surface area contributed by atoms with E-state index in [2.05, 4.69) is 25.1 Å². The lowest BCUT2D eigenvalue weighted by molar-refractivity contribution is -0.134. The van der Waals surface area contributed by atoms with E-state index in [4.69, 9.17) is 5.73 Å². The molecule has 1 unspecified atom stereocenters. The third-order valence-corrected chi connectivity index (χ3v) is 3.27. The molecule has 2 N–H and O–H groups in total. The number of benzene rings is 1. The second kappa shape index (κ2) is 7.17. The van der Waals surface area contributed by atoms with Crippen LogP contribution in [0.1, 0.15) is 25.0 Å². The van der Waals surface area contributed by atoms with Crippen molar-refractivity contribution in [3.63, 3.8) is 0 Å². The van der Waals surface area contributed by atoms with Crippen LogP contribution < -0.4 is 5.73 Å². The van der Waals surface area contributed by atoms with Gasteiger partial charge < -0.3 is 10.6 Å². The Kier molecular flexibility index (Phi) is 5.86. The summed E-state index contributed by atoms with van der Waals surface area (Å²) in [6.45, 7) is 7.97. The summed E-state index contributed by atoms with van der Waals surface area (Å²) in [5, 5.41) is 0. The van der Waals surface area contributed by atoms with Crippen LogP contribution in [0.15, 0.2) is 24.3 Å². The van der Waals surface area contributed by atoms with Gasteiger partial charge in [0.25, 0.3) is 0 Å². The standard InChI is InChI=1S/C15H24N2O/c1-4-17(5-2)15(18)14(11-16)10-13-8-6-7-12(3)9-13/h6-9,14H,4-5,10-11,16H2,1-3H3. The Bertz CT molecular complexity index is 386. The molecule has 0 saturated carbocycles. The highest BCUT2D eigenvalue weighted by atomic mass is 16.2. The molecule has 0 bridgehead atoms. The van der Waals surface area contributed by atoms with Gasteiger partial charge in [-0.15, -0.1) is 0 Å². The van der Waals surface area contributed by atoms with E-state index in [-0.39, 0.29) is 11.8 Å². The molecule has 18 heavy (non-hydrogen) atoms. The fraction of sp³-hybridized carbons (Fsp3) is 0.533. The van der Waals surface area contributed by atoms with Gasteiger partial charge in [0.15, 0.2) is 0 Å². The van der Waals surface area contributed by atoms with Crippen LogP contribution in [0, 0.1) is 12.8 Å². The van der Waals surface area contributed by atoms with Gasteiger partial charge in [0, 0.05) is 19.6 Å². The summed E-state index contributed by atoms with van der Waals surface area (Å²) in [6, 6.07) is 8.27. The minimum absolute atomic E-state index is 0.105. The Labute approximate surface area is 110 Å². The molecule has 0 radical (unpaired) electrons. The lowest BCUT2D eigenvalue weighted by Gasteiger charge is -2.24. The summed E-state index contributed by atoms with van der Waals surface area (Å²) in [5.41, 5.74) is 8.17. The summed E-state index contributed by atoms with van der Waals surface area (Å²) in [5.74, 6) is 0.0655. The van der Waals surface area contributed by atoms with Crippen LogP contribution in [0.25, 0.3) is 0 Å². The summed E-state index contributed by atoms with van der Waals surface area (Å²) in [6.07, 6.45) is 0.730. The Morgan fingerprint density at radius 2 is 2.00 bits per heavy atom. The van der Waals surface area contributed by atoms with Crippen molar-refractivity contribution < 1.29 is 4.79 Å². The van der Waals surface area contributed by atoms with Crippen molar-refractivity contribution in [2.75, 3.05) is 19.6 Å². The van der Waals surface area contributed by atoms with E-state index >= 15 is 0 Å². The molecule has 1 rings (SSSR count). The quantitative estimate of drug-likeness (QED) is 0.836. The van der Waals surface area contributed by atoms with E-state index in [1.54, 1.807) is 0 Å². The van der Waals surface area contributed by atoms with Crippen molar-refractivity contribution in [3.05, 3.63) is 35.4 Å². The van der Waals surface area contributed by atoms with Gasteiger partial charge in [-0.1, -0.05) is 29.8 Å². The molecular formula is C15H24N2O. The Morgan fingerprint density at radius 1 is 1.33 bits per heavy atom. The predicted octanol–water partition coefficient (Wildman–Crippen LogP) is 1.98. The minimum atomic E-state index is -0.105. The SMILES string of the molecule is CCN(CC)C(=O)C(CN)Cc1cccc(C)c1. The maximum absolute atomic E-state index is 12.3. The molecule has 0 aliphatic heterocycles. The Balaban J connectivity index is 2.75. The highest BCUT2D eigenvalue weighted by Gasteiger charge is 2.21. The second-order valence-corrected chi connectivity index (χ2v) is 4.64. The van der Waals surface area contributed by atoms with Crippen molar-refractivity contribution in [1.82, 2.24) is 4.90 Å². The van der Waals surface area contributed by atoms with Crippen molar-refractivity contribution in [2.24, 2.45) is 11.7 Å². The number of hydrogen-bond donors (Lipinski definition) is 1. The zero-order valence-corrected chi connectivity index (χ0v) is 11.6. The van der Waals surface area contributed by atoms with Gasteiger partial charge in [0.05, 0.1) is 5.92 Å². The number of aryl methyl sites for hydroxylation is 1. The lowest BCUT2D eigenvalue weighted by Crippen LogP contribution is -2.39. The summed E-state index contributed by atoms with van der Waals surface area (Å²) in [4.78, 5) is 14.1. The monoisotopic (exact) mass is 248 g/mol. The highest BCUT2D eigenvalue weighted by Crippen LogP contribution is 2.12. The first-order valence-corrected chi connectivity index (χ1v) is 6.66. The number of hydrogen-bond acceptors (Lipinski definition) is 2. The van der Waals surface area contributed by atoms with Crippen molar-refractivity contribution in [3.8, 4) is 0 Å². The van der Waals surface area contributed by atoms with Gasteiger partial charge in [-0.2, -0.15) is 0 Å². The molecular weight excluding hydrogens is 224 g/mol. The summed E-state index contributed by atoms with van der Waals surface area (Å²) in [7, 11) is 0. The average molecular weight is 248 g/mol. The second-order valence-electron chi connectivity index (χ2n) is 4.64. The van der Waals surface area contributed by atoms with Crippen LogP contribution in [0.3, 0.4) is 0 Å². The van der Waals surface area contributed by atoms with E-state index in [0.717, 1.165) is 19.5 Å². The lowest BCUT2D eigenvalue weighted by atomic mass is 9.97. The predicted molar refractivity (Wildman–Crippen MR) is 75.4 cm³/mol. The molecule has 100 valence electrons. The molecule has 0 aliphatic rings. The van der Waals surface area contributed by atoms with Crippen LogP contribution in [-0.2, 0) is 11.2 Å². The van der Waals surface area contributed by atoms with E-state index in [9.17, 15) is 4.79 Å². The number of carbonyl (C=O) groups excluding carboxylic acids is 1. The third kappa shape index (κ3) is 3.84. The molecule has 1 aromatic carbocycles. The zero-order chi connectivity index (χ0) is 13.5. The number of carbonyl (C=O) groups is 1. The Hall–Kier alpha value is -1.35. The molecule has 0 aliphatic carbocycles. The average Bonchev–Trinajstić information content (AvgIpc) is 2.37. The zero-order valence-electron chi connectivity index (χ0n) is 11.6. The maximum atomic E-state index is 12.3. The number of rotatable bonds is 6. The van der Waals surface area contributed by atoms with Crippen molar-refractivity contribution in [2.45, 2.75) is 27.2 Å². The van der Waals surface area contributed by atoms with Gasteiger partial charge in [-0.05, 0) is 32.8 Å². The molecule has 0 heterocycles.